The summed E-state index contributed by atoms with van der Waals surface area (Å²) in [5.41, 5.74) is 1.56. The van der Waals surface area contributed by atoms with Gasteiger partial charge in [0.2, 0.25) is 5.91 Å². The highest BCUT2D eigenvalue weighted by Gasteiger charge is 2.41. The molecular formula is C19H24N2O3. The lowest BCUT2D eigenvalue weighted by atomic mass is 9.87. The number of hydrogen-bond acceptors (Lipinski definition) is 4. The molecule has 128 valence electrons. The maximum Gasteiger partial charge on any atom is 0.240 e. The number of nitrogens with zero attached hydrogens (tertiary/aromatic N) is 1. The van der Waals surface area contributed by atoms with Crippen molar-refractivity contribution >= 4 is 5.91 Å². The van der Waals surface area contributed by atoms with Crippen LogP contribution in [0.5, 0.6) is 0 Å². The number of furan rings is 1. The fourth-order valence-corrected chi connectivity index (χ4v) is 3.27. The summed E-state index contributed by atoms with van der Waals surface area (Å²) in [6.45, 7) is 1.72. The number of likely N-dealkylation sites (N-methyl/N-ethyl adjacent to an activating group) is 1. The molecule has 0 aliphatic carbocycles. The van der Waals surface area contributed by atoms with Crippen LogP contribution < -0.4 is 5.32 Å². The van der Waals surface area contributed by atoms with E-state index in [-0.39, 0.29) is 5.91 Å². The molecule has 3 rings (SSSR count). The number of hydrogen-bond donors (Lipinski definition) is 1. The molecule has 0 atom stereocenters. The number of carbonyl (C=O) groups is 1. The van der Waals surface area contributed by atoms with Crippen LogP contribution in [0.15, 0.2) is 47.1 Å². The van der Waals surface area contributed by atoms with E-state index in [9.17, 15) is 4.79 Å². The Bertz CT molecular complexity index is 674. The first-order valence-corrected chi connectivity index (χ1v) is 8.29. The third-order valence-corrected chi connectivity index (χ3v) is 4.84. The predicted octanol–water partition coefficient (Wildman–Crippen LogP) is 2.67. The Labute approximate surface area is 142 Å². The summed E-state index contributed by atoms with van der Waals surface area (Å²) in [5.74, 6) is 0.873. The molecular weight excluding hydrogens is 304 g/mol. The van der Waals surface area contributed by atoms with Crippen LogP contribution in [-0.4, -0.2) is 43.7 Å². The van der Waals surface area contributed by atoms with E-state index in [1.54, 1.807) is 6.26 Å². The van der Waals surface area contributed by atoms with Gasteiger partial charge in [-0.1, -0.05) is 24.3 Å². The largest absolute Gasteiger partial charge is 0.464 e. The van der Waals surface area contributed by atoms with Crippen LogP contribution in [-0.2, 0) is 16.1 Å². The Morgan fingerprint density at radius 2 is 1.92 bits per heavy atom. The van der Waals surface area contributed by atoms with Crippen molar-refractivity contribution in [2.24, 2.45) is 0 Å². The van der Waals surface area contributed by atoms with Gasteiger partial charge in [-0.2, -0.15) is 0 Å². The number of amides is 1. The molecule has 1 aromatic heterocycles. The molecule has 1 aliphatic rings. The van der Waals surface area contributed by atoms with Gasteiger partial charge in [0.05, 0.1) is 6.26 Å². The van der Waals surface area contributed by atoms with Crippen LogP contribution in [0.1, 0.15) is 18.4 Å². The highest BCUT2D eigenvalue weighted by atomic mass is 16.5. The van der Waals surface area contributed by atoms with Crippen LogP contribution in [0.4, 0.5) is 0 Å². The summed E-state index contributed by atoms with van der Waals surface area (Å²) >= 11 is 0. The normalized spacial score (nSPS) is 17.0. The molecule has 1 N–H and O–H groups in total. The molecule has 5 heteroatoms. The van der Waals surface area contributed by atoms with E-state index in [1.807, 2.05) is 55.4 Å². The molecule has 0 saturated carbocycles. The van der Waals surface area contributed by atoms with Crippen molar-refractivity contribution in [1.29, 1.82) is 0 Å². The molecule has 24 heavy (non-hydrogen) atoms. The van der Waals surface area contributed by atoms with E-state index in [2.05, 4.69) is 5.32 Å². The van der Waals surface area contributed by atoms with Crippen LogP contribution in [0.3, 0.4) is 0 Å². The number of rotatable bonds is 5. The molecule has 1 saturated heterocycles. The van der Waals surface area contributed by atoms with Crippen molar-refractivity contribution in [2.75, 3.05) is 27.3 Å². The van der Waals surface area contributed by atoms with Gasteiger partial charge in [0, 0.05) is 25.3 Å². The van der Waals surface area contributed by atoms with Gasteiger partial charge in [0.25, 0.3) is 0 Å². The lowest BCUT2D eigenvalue weighted by Crippen LogP contribution is -2.58. The molecule has 0 radical (unpaired) electrons. The SMILES string of the molecule is CN(C)C1(C(=O)NCc2ccccc2-c2ccco2)CCOCC1. The zero-order chi connectivity index (χ0) is 17.0. The maximum absolute atomic E-state index is 12.9. The van der Waals surface area contributed by atoms with E-state index in [4.69, 9.17) is 9.15 Å². The molecule has 0 bridgehead atoms. The summed E-state index contributed by atoms with van der Waals surface area (Å²) in [5, 5.41) is 3.12. The van der Waals surface area contributed by atoms with Crippen LogP contribution in [0.2, 0.25) is 0 Å². The summed E-state index contributed by atoms with van der Waals surface area (Å²) in [6, 6.07) is 11.8. The third-order valence-electron chi connectivity index (χ3n) is 4.84. The van der Waals surface area contributed by atoms with E-state index < -0.39 is 5.54 Å². The Morgan fingerprint density at radius 1 is 1.17 bits per heavy atom. The Hall–Kier alpha value is -2.11. The van der Waals surface area contributed by atoms with Gasteiger partial charge in [0.15, 0.2) is 0 Å². The van der Waals surface area contributed by atoms with Crippen LogP contribution >= 0.6 is 0 Å². The lowest BCUT2D eigenvalue weighted by molar-refractivity contribution is -0.138. The monoisotopic (exact) mass is 328 g/mol. The summed E-state index contributed by atoms with van der Waals surface area (Å²) in [7, 11) is 3.92. The quantitative estimate of drug-likeness (QED) is 0.917. The standard InChI is InChI=1S/C19H24N2O3/c1-21(2)19(9-12-23-13-10-19)18(22)20-14-15-6-3-4-7-16(15)17-8-5-11-24-17/h3-8,11H,9-10,12-14H2,1-2H3,(H,20,22). The van der Waals surface area contributed by atoms with E-state index in [0.717, 1.165) is 16.9 Å². The van der Waals surface area contributed by atoms with Gasteiger partial charge in [-0.15, -0.1) is 0 Å². The Morgan fingerprint density at radius 3 is 2.58 bits per heavy atom. The molecule has 1 aliphatic heterocycles. The Kier molecular flexibility index (Phi) is 5.02. The molecule has 5 nitrogen and oxygen atoms in total. The topological polar surface area (TPSA) is 54.7 Å². The lowest BCUT2D eigenvalue weighted by Gasteiger charge is -2.41. The van der Waals surface area contributed by atoms with Gasteiger partial charge < -0.3 is 14.5 Å². The summed E-state index contributed by atoms with van der Waals surface area (Å²) in [4.78, 5) is 14.9. The average molecular weight is 328 g/mol. The second-order valence-electron chi connectivity index (χ2n) is 6.36. The van der Waals surface area contributed by atoms with Crippen LogP contribution in [0.25, 0.3) is 11.3 Å². The second kappa shape index (κ2) is 7.20. The smallest absolute Gasteiger partial charge is 0.240 e. The fourth-order valence-electron chi connectivity index (χ4n) is 3.27. The third kappa shape index (κ3) is 3.23. The van der Waals surface area contributed by atoms with Gasteiger partial charge >= 0.3 is 0 Å². The zero-order valence-electron chi connectivity index (χ0n) is 14.2. The summed E-state index contributed by atoms with van der Waals surface area (Å²) < 4.78 is 10.9. The molecule has 1 aromatic carbocycles. The van der Waals surface area contributed by atoms with E-state index in [1.165, 1.54) is 0 Å². The van der Waals surface area contributed by atoms with Gasteiger partial charge in [-0.05, 0) is 44.6 Å². The second-order valence-corrected chi connectivity index (χ2v) is 6.36. The molecule has 1 amide bonds. The first-order valence-electron chi connectivity index (χ1n) is 8.29. The van der Waals surface area contributed by atoms with Gasteiger partial charge in [-0.3, -0.25) is 9.69 Å². The molecule has 2 aromatic rings. The number of benzene rings is 1. The van der Waals surface area contributed by atoms with Crippen molar-refractivity contribution in [1.82, 2.24) is 10.2 Å². The van der Waals surface area contributed by atoms with E-state index in [0.29, 0.717) is 32.6 Å². The van der Waals surface area contributed by atoms with Crippen molar-refractivity contribution in [3.05, 3.63) is 48.2 Å². The van der Waals surface area contributed by atoms with Crippen LogP contribution in [0, 0.1) is 0 Å². The fraction of sp³-hybridized carbons (Fsp3) is 0.421. The minimum absolute atomic E-state index is 0.0602. The number of carbonyl (C=O) groups excluding carboxylic acids is 1. The molecule has 0 spiro atoms. The zero-order valence-corrected chi connectivity index (χ0v) is 14.2. The van der Waals surface area contributed by atoms with Gasteiger partial charge in [0.1, 0.15) is 11.3 Å². The van der Waals surface area contributed by atoms with E-state index >= 15 is 0 Å². The number of ether oxygens (including phenoxy) is 1. The minimum atomic E-state index is -0.488. The maximum atomic E-state index is 12.9. The highest BCUT2D eigenvalue weighted by Crippen LogP contribution is 2.27. The first kappa shape index (κ1) is 16.7. The van der Waals surface area contributed by atoms with Crippen molar-refractivity contribution in [3.8, 4) is 11.3 Å². The molecule has 0 unspecified atom stereocenters. The predicted molar refractivity (Wildman–Crippen MR) is 92.5 cm³/mol. The van der Waals surface area contributed by atoms with Crippen molar-refractivity contribution in [3.63, 3.8) is 0 Å². The summed E-state index contributed by atoms with van der Waals surface area (Å²) in [6.07, 6.45) is 3.09. The van der Waals surface area contributed by atoms with Gasteiger partial charge in [-0.25, -0.2) is 0 Å². The van der Waals surface area contributed by atoms with Crippen molar-refractivity contribution in [2.45, 2.75) is 24.9 Å². The first-order chi connectivity index (χ1) is 11.6. The number of nitrogens with one attached hydrogen (secondary N) is 1. The highest BCUT2D eigenvalue weighted by molar-refractivity contribution is 5.86. The average Bonchev–Trinajstić information content (AvgIpc) is 3.14. The minimum Gasteiger partial charge on any atom is -0.464 e. The molecule has 2 heterocycles. The molecule has 1 fully saturated rings. The Balaban J connectivity index is 1.75. The van der Waals surface area contributed by atoms with Crippen molar-refractivity contribution < 1.29 is 13.9 Å².